The zero-order valence-electron chi connectivity index (χ0n) is 11.8. The van der Waals surface area contributed by atoms with Gasteiger partial charge in [-0.25, -0.2) is 0 Å². The van der Waals surface area contributed by atoms with Crippen LogP contribution in [0.4, 0.5) is 0 Å². The lowest BCUT2D eigenvalue weighted by Crippen LogP contribution is -1.99. The molecule has 0 radical (unpaired) electrons. The third kappa shape index (κ3) is 4.03. The number of benzene rings is 1. The highest BCUT2D eigenvalue weighted by molar-refractivity contribution is 5.38. The minimum atomic E-state index is 0.528. The molecular weight excluding hydrogens is 216 g/mol. The van der Waals surface area contributed by atoms with Gasteiger partial charge in [0.25, 0.3) is 0 Å². The SMILES string of the molecule is CC.CCC(C1=CC=CCC=C1)c1ccccc1. The predicted octanol–water partition coefficient (Wildman–Crippen LogP) is 5.65. The maximum absolute atomic E-state index is 2.27. The number of rotatable bonds is 3. The van der Waals surface area contributed by atoms with Crippen LogP contribution in [-0.2, 0) is 0 Å². The first-order valence-corrected chi connectivity index (χ1v) is 7.00. The van der Waals surface area contributed by atoms with Gasteiger partial charge < -0.3 is 0 Å². The van der Waals surface area contributed by atoms with E-state index in [1.54, 1.807) is 0 Å². The standard InChI is InChI=1S/C16H18.C2H6/c1-2-16(15-12-8-5-9-13-15)14-10-6-3-4-7-11-14;1-2/h3,5-13,16H,2,4H2,1H3;1-2H3. The molecule has 0 heteroatoms. The van der Waals surface area contributed by atoms with Crippen LogP contribution in [0.3, 0.4) is 0 Å². The molecule has 2 rings (SSSR count). The Balaban J connectivity index is 0.000000771. The van der Waals surface area contributed by atoms with E-state index in [4.69, 9.17) is 0 Å². The van der Waals surface area contributed by atoms with Gasteiger partial charge in [0.2, 0.25) is 0 Å². The van der Waals surface area contributed by atoms with Crippen molar-refractivity contribution in [3.05, 3.63) is 71.8 Å². The lowest BCUT2D eigenvalue weighted by atomic mass is 9.88. The van der Waals surface area contributed by atoms with Crippen molar-refractivity contribution in [2.75, 3.05) is 0 Å². The van der Waals surface area contributed by atoms with Crippen LogP contribution < -0.4 is 0 Å². The van der Waals surface area contributed by atoms with Crippen LogP contribution >= 0.6 is 0 Å². The molecule has 1 aromatic rings. The van der Waals surface area contributed by atoms with Crippen LogP contribution in [0.5, 0.6) is 0 Å². The van der Waals surface area contributed by atoms with Crippen molar-refractivity contribution in [3.8, 4) is 0 Å². The van der Waals surface area contributed by atoms with E-state index in [1.165, 1.54) is 11.1 Å². The van der Waals surface area contributed by atoms with Crippen LogP contribution in [0.2, 0.25) is 0 Å². The highest BCUT2D eigenvalue weighted by Crippen LogP contribution is 2.29. The summed E-state index contributed by atoms with van der Waals surface area (Å²) in [6, 6.07) is 10.8. The second-order valence-corrected chi connectivity index (χ2v) is 4.10. The van der Waals surface area contributed by atoms with Crippen LogP contribution in [0, 0.1) is 0 Å². The average molecular weight is 240 g/mol. The van der Waals surface area contributed by atoms with Gasteiger partial charge in [-0.3, -0.25) is 0 Å². The Bertz CT molecular complexity index is 407. The lowest BCUT2D eigenvalue weighted by Gasteiger charge is -2.16. The van der Waals surface area contributed by atoms with Gasteiger partial charge in [-0.2, -0.15) is 0 Å². The van der Waals surface area contributed by atoms with E-state index in [0.29, 0.717) is 5.92 Å². The van der Waals surface area contributed by atoms with Crippen molar-refractivity contribution in [1.29, 1.82) is 0 Å². The summed E-state index contributed by atoms with van der Waals surface area (Å²) in [5.41, 5.74) is 2.83. The first-order chi connectivity index (χ1) is 8.92. The smallest absolute Gasteiger partial charge is 0.00866 e. The number of hydrogen-bond donors (Lipinski definition) is 0. The van der Waals surface area contributed by atoms with Gasteiger partial charge in [-0.05, 0) is 24.0 Å². The minimum Gasteiger partial charge on any atom is -0.0807 e. The molecule has 1 aliphatic carbocycles. The third-order valence-electron chi connectivity index (χ3n) is 3.02. The van der Waals surface area contributed by atoms with Crippen molar-refractivity contribution in [2.24, 2.45) is 0 Å². The summed E-state index contributed by atoms with van der Waals surface area (Å²) in [4.78, 5) is 0. The summed E-state index contributed by atoms with van der Waals surface area (Å²) >= 11 is 0. The molecule has 0 aromatic heterocycles. The van der Waals surface area contributed by atoms with E-state index in [9.17, 15) is 0 Å². The van der Waals surface area contributed by atoms with E-state index >= 15 is 0 Å². The average Bonchev–Trinajstić information content (AvgIpc) is 2.72. The van der Waals surface area contributed by atoms with Gasteiger partial charge in [-0.15, -0.1) is 0 Å². The van der Waals surface area contributed by atoms with Gasteiger partial charge in [0.1, 0.15) is 0 Å². The Hall–Kier alpha value is -1.56. The fraction of sp³-hybridized carbons (Fsp3) is 0.333. The zero-order valence-corrected chi connectivity index (χ0v) is 11.8. The molecule has 0 fully saturated rings. The van der Waals surface area contributed by atoms with E-state index < -0.39 is 0 Å². The highest BCUT2D eigenvalue weighted by Gasteiger charge is 2.11. The molecule has 96 valence electrons. The van der Waals surface area contributed by atoms with Gasteiger partial charge in [-0.1, -0.05) is 81.5 Å². The lowest BCUT2D eigenvalue weighted by molar-refractivity contribution is 0.776. The van der Waals surface area contributed by atoms with Crippen LogP contribution in [0.1, 0.15) is 45.1 Å². The third-order valence-corrected chi connectivity index (χ3v) is 3.02. The Morgan fingerprint density at radius 2 is 1.78 bits per heavy atom. The van der Waals surface area contributed by atoms with Gasteiger partial charge in [0, 0.05) is 5.92 Å². The van der Waals surface area contributed by atoms with Gasteiger partial charge in [0.05, 0.1) is 0 Å². The maximum Gasteiger partial charge on any atom is 0.00866 e. The molecule has 0 heterocycles. The maximum atomic E-state index is 2.27. The predicted molar refractivity (Wildman–Crippen MR) is 81.8 cm³/mol. The molecule has 0 N–H and O–H groups in total. The second-order valence-electron chi connectivity index (χ2n) is 4.10. The summed E-state index contributed by atoms with van der Waals surface area (Å²) in [7, 11) is 0. The molecule has 0 saturated carbocycles. The van der Waals surface area contributed by atoms with Gasteiger partial charge in [0.15, 0.2) is 0 Å². The Morgan fingerprint density at radius 1 is 1.06 bits per heavy atom. The zero-order chi connectivity index (χ0) is 13.2. The Labute approximate surface area is 112 Å². The van der Waals surface area contributed by atoms with Crippen molar-refractivity contribution in [1.82, 2.24) is 0 Å². The fourth-order valence-electron chi connectivity index (χ4n) is 2.18. The molecule has 1 aromatic carbocycles. The molecule has 0 amide bonds. The minimum absolute atomic E-state index is 0.528. The molecule has 1 aliphatic rings. The number of allylic oxidation sites excluding steroid dienone is 6. The Kier molecular flexibility index (Phi) is 6.86. The van der Waals surface area contributed by atoms with E-state index in [0.717, 1.165) is 12.8 Å². The van der Waals surface area contributed by atoms with Crippen molar-refractivity contribution < 1.29 is 0 Å². The van der Waals surface area contributed by atoms with Crippen LogP contribution in [0.15, 0.2) is 66.3 Å². The molecule has 18 heavy (non-hydrogen) atoms. The van der Waals surface area contributed by atoms with E-state index in [-0.39, 0.29) is 0 Å². The molecule has 0 spiro atoms. The largest absolute Gasteiger partial charge is 0.0807 e. The first-order valence-electron chi connectivity index (χ1n) is 7.00. The van der Waals surface area contributed by atoms with Gasteiger partial charge >= 0.3 is 0 Å². The topological polar surface area (TPSA) is 0 Å². The molecule has 0 nitrogen and oxygen atoms in total. The molecule has 0 bridgehead atoms. The molecule has 1 unspecified atom stereocenters. The van der Waals surface area contributed by atoms with Crippen molar-refractivity contribution >= 4 is 0 Å². The van der Waals surface area contributed by atoms with Crippen molar-refractivity contribution in [2.45, 2.75) is 39.5 Å². The van der Waals surface area contributed by atoms with E-state index in [1.807, 2.05) is 13.8 Å². The summed E-state index contributed by atoms with van der Waals surface area (Å²) in [5, 5.41) is 0. The molecular formula is C18H24. The summed E-state index contributed by atoms with van der Waals surface area (Å²) < 4.78 is 0. The molecule has 0 aliphatic heterocycles. The summed E-state index contributed by atoms with van der Waals surface area (Å²) in [6.45, 7) is 6.25. The molecule has 0 saturated heterocycles. The molecule has 1 atom stereocenters. The summed E-state index contributed by atoms with van der Waals surface area (Å²) in [6.07, 6.45) is 13.3. The summed E-state index contributed by atoms with van der Waals surface area (Å²) in [5.74, 6) is 0.528. The normalized spacial score (nSPS) is 15.2. The monoisotopic (exact) mass is 240 g/mol. The Morgan fingerprint density at radius 3 is 2.44 bits per heavy atom. The number of hydrogen-bond acceptors (Lipinski definition) is 0. The fourth-order valence-corrected chi connectivity index (χ4v) is 2.18. The van der Waals surface area contributed by atoms with Crippen LogP contribution in [-0.4, -0.2) is 0 Å². The quantitative estimate of drug-likeness (QED) is 0.640. The van der Waals surface area contributed by atoms with Crippen LogP contribution in [0.25, 0.3) is 0 Å². The highest BCUT2D eigenvalue weighted by atomic mass is 14.2. The van der Waals surface area contributed by atoms with E-state index in [2.05, 4.69) is 67.6 Å². The van der Waals surface area contributed by atoms with Crippen molar-refractivity contribution in [3.63, 3.8) is 0 Å². The first kappa shape index (κ1) is 14.5. The second kappa shape index (κ2) is 8.52.